The summed E-state index contributed by atoms with van der Waals surface area (Å²) in [6.45, 7) is 0.428. The number of aromatic amines is 1. The van der Waals surface area contributed by atoms with E-state index in [1.807, 2.05) is 0 Å². The van der Waals surface area contributed by atoms with Gasteiger partial charge in [-0.3, -0.25) is 24.8 Å². The number of aromatic nitrogens is 2. The number of benzene rings is 2. The number of nitrogens with one attached hydrogen (secondary N) is 1. The number of fused-ring (bicyclic) bond motifs is 1. The van der Waals surface area contributed by atoms with Gasteiger partial charge in [0.2, 0.25) is 5.91 Å². The average Bonchev–Trinajstić information content (AvgIpc) is 3.30. The van der Waals surface area contributed by atoms with E-state index in [1.165, 1.54) is 30.1 Å². The number of nitro benzene ring substituents is 1. The highest BCUT2D eigenvalue weighted by Crippen LogP contribution is 2.31. The highest BCUT2D eigenvalue weighted by Gasteiger charge is 2.38. The van der Waals surface area contributed by atoms with Crippen molar-refractivity contribution in [1.82, 2.24) is 15.1 Å². The van der Waals surface area contributed by atoms with Crippen LogP contribution in [0.25, 0.3) is 10.9 Å². The Bertz CT molecular complexity index is 1140. The number of hydrogen-bond donors (Lipinski definition) is 1. The number of anilines is 1. The minimum absolute atomic E-state index is 0.0372. The maximum Gasteiger partial charge on any atom is 0.275 e. The molecule has 1 aromatic heterocycles. The van der Waals surface area contributed by atoms with Crippen LogP contribution in [0.4, 0.5) is 11.4 Å². The highest BCUT2D eigenvalue weighted by atomic mass is 35.5. The molecule has 1 N–H and O–H groups in total. The van der Waals surface area contributed by atoms with Crippen molar-refractivity contribution in [3.63, 3.8) is 0 Å². The fourth-order valence-corrected chi connectivity index (χ4v) is 3.76. The van der Waals surface area contributed by atoms with Gasteiger partial charge in [0.25, 0.3) is 11.6 Å². The van der Waals surface area contributed by atoms with Crippen molar-refractivity contribution in [2.24, 2.45) is 0 Å². The fraction of sp³-hybridized carbons (Fsp3) is 0.211. The van der Waals surface area contributed by atoms with Gasteiger partial charge in [-0.05, 0) is 24.6 Å². The molecule has 1 fully saturated rings. The number of amides is 2. The molecule has 10 heteroatoms. The van der Waals surface area contributed by atoms with Crippen LogP contribution in [0.3, 0.4) is 0 Å². The zero-order chi connectivity index (χ0) is 20.7. The first kappa shape index (κ1) is 18.9. The van der Waals surface area contributed by atoms with Crippen LogP contribution in [0, 0.1) is 10.1 Å². The number of carbonyl (C=O) groups is 2. The monoisotopic (exact) mass is 413 g/mol. The average molecular weight is 414 g/mol. The number of non-ortho nitro benzene ring substituents is 1. The maximum absolute atomic E-state index is 13.0. The number of para-hydroxylation sites is 1. The van der Waals surface area contributed by atoms with Crippen LogP contribution >= 0.6 is 11.6 Å². The molecule has 2 heterocycles. The van der Waals surface area contributed by atoms with Crippen molar-refractivity contribution in [2.75, 3.05) is 18.5 Å². The number of halogens is 1. The molecular formula is C19H16ClN5O4. The van der Waals surface area contributed by atoms with Crippen molar-refractivity contribution in [3.05, 3.63) is 63.3 Å². The Labute approximate surface area is 170 Å². The highest BCUT2D eigenvalue weighted by molar-refractivity contribution is 6.34. The SMILES string of the molecule is CN(C(=O)c1n[nH]c2ccc([N+](=O)[O-])cc12)C1CCN(c2ccccc2Cl)C1=O. The third-order valence-corrected chi connectivity index (χ3v) is 5.39. The van der Waals surface area contributed by atoms with Crippen molar-refractivity contribution in [3.8, 4) is 0 Å². The molecule has 2 aromatic carbocycles. The number of nitro groups is 1. The molecule has 1 unspecified atom stereocenters. The predicted octanol–water partition coefficient (Wildman–Crippen LogP) is 3.00. The van der Waals surface area contributed by atoms with Gasteiger partial charge in [0.05, 0.1) is 21.2 Å². The molecule has 1 atom stereocenters. The zero-order valence-electron chi connectivity index (χ0n) is 15.3. The second kappa shape index (κ2) is 7.17. The van der Waals surface area contributed by atoms with Gasteiger partial charge >= 0.3 is 0 Å². The Morgan fingerprint density at radius 3 is 2.83 bits per heavy atom. The second-order valence-corrected chi connectivity index (χ2v) is 7.13. The molecule has 3 aromatic rings. The minimum atomic E-state index is -0.677. The molecule has 0 radical (unpaired) electrons. The summed E-state index contributed by atoms with van der Waals surface area (Å²) in [5, 5.41) is 18.6. The number of H-pyrrole nitrogens is 1. The summed E-state index contributed by atoms with van der Waals surface area (Å²) >= 11 is 6.20. The smallest absolute Gasteiger partial charge is 0.275 e. The van der Waals surface area contributed by atoms with E-state index in [1.54, 1.807) is 29.2 Å². The summed E-state index contributed by atoms with van der Waals surface area (Å²) in [6, 6.07) is 10.5. The van der Waals surface area contributed by atoms with Crippen LogP contribution in [0.1, 0.15) is 16.9 Å². The molecular weight excluding hydrogens is 398 g/mol. The fourth-order valence-electron chi connectivity index (χ4n) is 3.52. The number of carbonyl (C=O) groups excluding carboxylic acids is 2. The van der Waals surface area contributed by atoms with Crippen LogP contribution in [0.2, 0.25) is 5.02 Å². The van der Waals surface area contributed by atoms with E-state index >= 15 is 0 Å². The van der Waals surface area contributed by atoms with Gasteiger partial charge in [-0.15, -0.1) is 0 Å². The summed E-state index contributed by atoms with van der Waals surface area (Å²) in [7, 11) is 1.53. The van der Waals surface area contributed by atoms with Gasteiger partial charge in [-0.1, -0.05) is 23.7 Å². The minimum Gasteiger partial charge on any atom is -0.328 e. The molecule has 1 saturated heterocycles. The molecule has 4 rings (SSSR count). The van der Waals surface area contributed by atoms with Gasteiger partial charge in [0, 0.05) is 31.1 Å². The Morgan fingerprint density at radius 2 is 2.10 bits per heavy atom. The van der Waals surface area contributed by atoms with E-state index in [4.69, 9.17) is 11.6 Å². The lowest BCUT2D eigenvalue weighted by Gasteiger charge is -2.23. The molecule has 148 valence electrons. The standard InChI is InChI=1S/C19H16ClN5O4/c1-23(16-8-9-24(18(16)26)15-5-3-2-4-13(15)20)19(27)17-12-10-11(25(28)29)6-7-14(12)21-22-17/h2-7,10,16H,8-9H2,1H3,(H,21,22). The summed E-state index contributed by atoms with van der Waals surface area (Å²) in [6.07, 6.45) is 0.439. The van der Waals surface area contributed by atoms with Crippen LogP contribution in [0.15, 0.2) is 42.5 Å². The lowest BCUT2D eigenvalue weighted by molar-refractivity contribution is -0.384. The van der Waals surface area contributed by atoms with Crippen molar-refractivity contribution in [2.45, 2.75) is 12.5 Å². The van der Waals surface area contributed by atoms with Gasteiger partial charge in [-0.2, -0.15) is 5.10 Å². The molecule has 0 bridgehead atoms. The molecule has 0 saturated carbocycles. The Morgan fingerprint density at radius 1 is 1.34 bits per heavy atom. The van der Waals surface area contributed by atoms with E-state index in [2.05, 4.69) is 10.2 Å². The Hall–Kier alpha value is -3.46. The second-order valence-electron chi connectivity index (χ2n) is 6.72. The van der Waals surface area contributed by atoms with E-state index in [-0.39, 0.29) is 17.3 Å². The molecule has 1 aliphatic heterocycles. The topological polar surface area (TPSA) is 112 Å². The quantitative estimate of drug-likeness (QED) is 0.521. The van der Waals surface area contributed by atoms with Crippen molar-refractivity contribution < 1.29 is 14.5 Å². The van der Waals surface area contributed by atoms with Gasteiger partial charge < -0.3 is 9.80 Å². The zero-order valence-corrected chi connectivity index (χ0v) is 16.1. The van der Waals surface area contributed by atoms with E-state index in [9.17, 15) is 19.7 Å². The first-order valence-electron chi connectivity index (χ1n) is 8.84. The largest absolute Gasteiger partial charge is 0.328 e. The Kier molecular flexibility index (Phi) is 4.67. The first-order chi connectivity index (χ1) is 13.9. The number of hydrogen-bond acceptors (Lipinski definition) is 5. The number of rotatable bonds is 4. The van der Waals surface area contributed by atoms with E-state index in [0.717, 1.165) is 0 Å². The van der Waals surface area contributed by atoms with Gasteiger partial charge in [0.15, 0.2) is 5.69 Å². The lowest BCUT2D eigenvalue weighted by Crippen LogP contribution is -2.43. The lowest BCUT2D eigenvalue weighted by atomic mass is 10.1. The molecule has 0 spiro atoms. The summed E-state index contributed by atoms with van der Waals surface area (Å²) in [5.41, 5.74) is 0.999. The molecule has 1 aliphatic rings. The third kappa shape index (κ3) is 3.19. The van der Waals surface area contributed by atoms with Gasteiger partial charge in [-0.25, -0.2) is 0 Å². The summed E-state index contributed by atoms with van der Waals surface area (Å²) < 4.78 is 0. The number of likely N-dealkylation sites (N-methyl/N-ethyl adjacent to an activating group) is 1. The van der Waals surface area contributed by atoms with E-state index < -0.39 is 16.9 Å². The van der Waals surface area contributed by atoms with Crippen molar-refractivity contribution in [1.29, 1.82) is 0 Å². The first-order valence-corrected chi connectivity index (χ1v) is 9.22. The van der Waals surface area contributed by atoms with Crippen LogP contribution < -0.4 is 4.90 Å². The third-order valence-electron chi connectivity index (χ3n) is 5.07. The number of nitrogens with zero attached hydrogens (tertiary/aromatic N) is 4. The van der Waals surface area contributed by atoms with Crippen LogP contribution in [-0.4, -0.2) is 51.5 Å². The summed E-state index contributed by atoms with van der Waals surface area (Å²) in [4.78, 5) is 39.4. The predicted molar refractivity (Wildman–Crippen MR) is 107 cm³/mol. The Balaban J connectivity index is 1.61. The normalized spacial score (nSPS) is 16.4. The summed E-state index contributed by atoms with van der Waals surface area (Å²) in [5.74, 6) is -0.726. The molecule has 9 nitrogen and oxygen atoms in total. The molecule has 0 aliphatic carbocycles. The van der Waals surface area contributed by atoms with Crippen LogP contribution in [0.5, 0.6) is 0 Å². The van der Waals surface area contributed by atoms with Gasteiger partial charge in [0.1, 0.15) is 6.04 Å². The van der Waals surface area contributed by atoms with Crippen LogP contribution in [-0.2, 0) is 4.79 Å². The maximum atomic E-state index is 13.0. The molecule has 2 amide bonds. The molecule has 29 heavy (non-hydrogen) atoms. The van der Waals surface area contributed by atoms with Crippen molar-refractivity contribution >= 4 is 45.7 Å². The van der Waals surface area contributed by atoms with E-state index in [0.29, 0.717) is 34.6 Å².